The molecule has 1 heterocycles. The van der Waals surface area contributed by atoms with Crippen molar-refractivity contribution >= 4 is 15.7 Å². The van der Waals surface area contributed by atoms with Gasteiger partial charge in [0.2, 0.25) is 5.82 Å². The van der Waals surface area contributed by atoms with Crippen LogP contribution in [-0.4, -0.2) is 29.0 Å². The van der Waals surface area contributed by atoms with Gasteiger partial charge < -0.3 is 4.72 Å². The number of nitrogens with zero attached hydrogens (tertiary/aromatic N) is 4. The Morgan fingerprint density at radius 1 is 1.04 bits per heavy atom. The third-order valence-corrected chi connectivity index (χ3v) is 4.75. The normalized spacial score (nSPS) is 11.4. The van der Waals surface area contributed by atoms with E-state index in [0.29, 0.717) is 17.1 Å². The van der Waals surface area contributed by atoms with Gasteiger partial charge in [0.25, 0.3) is 0 Å². The van der Waals surface area contributed by atoms with Gasteiger partial charge in [-0.05, 0) is 42.3 Å². The summed E-state index contributed by atoms with van der Waals surface area (Å²) < 4.78 is 28.8. The van der Waals surface area contributed by atoms with Gasteiger partial charge in [-0.25, -0.2) is 8.42 Å². The highest BCUT2D eigenvalue weighted by molar-refractivity contribution is 7.94. The predicted molar refractivity (Wildman–Crippen MR) is 85.7 cm³/mol. The molecule has 0 bridgehead atoms. The quantitative estimate of drug-likeness (QED) is 0.793. The van der Waals surface area contributed by atoms with Crippen LogP contribution in [0.5, 0.6) is 0 Å². The Morgan fingerprint density at radius 3 is 2.57 bits per heavy atom. The molecule has 23 heavy (non-hydrogen) atoms. The summed E-state index contributed by atoms with van der Waals surface area (Å²) in [6.07, 6.45) is 0. The molecular weight excluding hydrogens is 314 g/mol. The Balaban J connectivity index is 1.91. The molecule has 0 amide bonds. The van der Waals surface area contributed by atoms with E-state index in [4.69, 9.17) is 0 Å². The van der Waals surface area contributed by atoms with E-state index in [1.807, 2.05) is 13.8 Å². The molecule has 0 radical (unpaired) electrons. The molecule has 0 aliphatic heterocycles. The number of hydrogen-bond acceptors (Lipinski definition) is 5. The average molecular weight is 328 g/mol. The molecule has 0 saturated carbocycles. The number of rotatable bonds is 4. The van der Waals surface area contributed by atoms with Crippen LogP contribution >= 0.6 is 0 Å². The Bertz CT molecular complexity index is 936. The van der Waals surface area contributed by atoms with Crippen molar-refractivity contribution in [1.29, 1.82) is 0 Å². The van der Waals surface area contributed by atoms with Gasteiger partial charge in [0, 0.05) is 5.56 Å². The number of aryl methyl sites for hydroxylation is 2. The smallest absolute Gasteiger partial charge is 0.204 e. The second-order valence-electron chi connectivity index (χ2n) is 5.10. The topological polar surface area (TPSA) is 103 Å². The molecule has 0 spiro atoms. The van der Waals surface area contributed by atoms with Gasteiger partial charge in [-0.15, -0.1) is 15.9 Å². The minimum Gasteiger partial charge on any atom is -0.573 e. The fourth-order valence-corrected chi connectivity index (χ4v) is 3.11. The first-order valence-electron chi connectivity index (χ1n) is 6.85. The van der Waals surface area contributed by atoms with Gasteiger partial charge in [0.15, 0.2) is 0 Å². The SMILES string of the molecule is Cc1ccc(S(=O)(=O)[N-]c2cccc(-c3nn[nH]n3)c2)cc1C. The maximum absolute atomic E-state index is 12.4. The Morgan fingerprint density at radius 2 is 1.87 bits per heavy atom. The lowest BCUT2D eigenvalue weighted by atomic mass is 10.1. The van der Waals surface area contributed by atoms with Crippen LogP contribution < -0.4 is 0 Å². The lowest BCUT2D eigenvalue weighted by molar-refractivity contribution is 0.603. The maximum Gasteiger partial charge on any atom is 0.204 e. The number of nitrogens with one attached hydrogen (secondary N) is 1. The molecule has 0 atom stereocenters. The van der Waals surface area contributed by atoms with Crippen LogP contribution in [0.2, 0.25) is 0 Å². The number of aromatic amines is 1. The van der Waals surface area contributed by atoms with E-state index in [2.05, 4.69) is 25.3 Å². The van der Waals surface area contributed by atoms with Crippen molar-refractivity contribution in [2.24, 2.45) is 0 Å². The maximum atomic E-state index is 12.4. The number of aromatic nitrogens is 4. The molecule has 0 unspecified atom stereocenters. The molecule has 1 aromatic heterocycles. The van der Waals surface area contributed by atoms with Crippen LogP contribution in [0.3, 0.4) is 0 Å². The number of tetrazole rings is 1. The van der Waals surface area contributed by atoms with Crippen LogP contribution in [-0.2, 0) is 10.0 Å². The fraction of sp³-hybridized carbons (Fsp3) is 0.133. The van der Waals surface area contributed by atoms with Crippen molar-refractivity contribution in [2.75, 3.05) is 0 Å². The summed E-state index contributed by atoms with van der Waals surface area (Å²) in [6, 6.07) is 11.6. The Hall–Kier alpha value is -2.74. The van der Waals surface area contributed by atoms with Gasteiger partial charge in [0.1, 0.15) is 10.0 Å². The summed E-state index contributed by atoms with van der Waals surface area (Å²) in [6.45, 7) is 3.79. The van der Waals surface area contributed by atoms with E-state index in [1.54, 1.807) is 42.5 Å². The van der Waals surface area contributed by atoms with Crippen LogP contribution in [0, 0.1) is 13.8 Å². The predicted octanol–water partition coefficient (Wildman–Crippen LogP) is 2.88. The minimum absolute atomic E-state index is 0.172. The molecule has 0 aliphatic rings. The third kappa shape index (κ3) is 3.21. The van der Waals surface area contributed by atoms with E-state index in [0.717, 1.165) is 11.1 Å². The van der Waals surface area contributed by atoms with Crippen molar-refractivity contribution in [2.45, 2.75) is 18.7 Å². The zero-order chi connectivity index (χ0) is 16.4. The van der Waals surface area contributed by atoms with Crippen LogP contribution in [0.1, 0.15) is 11.1 Å². The average Bonchev–Trinajstić information content (AvgIpc) is 3.04. The second-order valence-corrected chi connectivity index (χ2v) is 6.70. The molecule has 8 heteroatoms. The van der Waals surface area contributed by atoms with Crippen LogP contribution in [0.25, 0.3) is 16.1 Å². The fourth-order valence-electron chi connectivity index (χ4n) is 2.05. The molecule has 0 saturated heterocycles. The minimum atomic E-state index is -3.78. The number of sulfonamides is 1. The highest BCUT2D eigenvalue weighted by atomic mass is 32.2. The van der Waals surface area contributed by atoms with Crippen LogP contribution in [0.4, 0.5) is 5.69 Å². The van der Waals surface area contributed by atoms with Crippen molar-refractivity contribution in [3.8, 4) is 11.4 Å². The zero-order valence-electron chi connectivity index (χ0n) is 12.6. The number of H-pyrrole nitrogens is 1. The zero-order valence-corrected chi connectivity index (χ0v) is 13.4. The van der Waals surface area contributed by atoms with Gasteiger partial charge in [-0.3, -0.25) is 0 Å². The first-order chi connectivity index (χ1) is 11.0. The molecule has 0 aliphatic carbocycles. The Labute approximate surface area is 133 Å². The van der Waals surface area contributed by atoms with Crippen molar-refractivity contribution in [1.82, 2.24) is 20.6 Å². The van der Waals surface area contributed by atoms with Crippen molar-refractivity contribution in [3.63, 3.8) is 0 Å². The molecule has 118 valence electrons. The molecule has 2 aromatic carbocycles. The Kier molecular flexibility index (Phi) is 3.83. The summed E-state index contributed by atoms with van der Waals surface area (Å²) in [7, 11) is -3.78. The lowest BCUT2D eigenvalue weighted by Crippen LogP contribution is -1.99. The molecule has 1 N–H and O–H groups in total. The summed E-state index contributed by atoms with van der Waals surface area (Å²) in [5.41, 5.74) is 2.88. The highest BCUT2D eigenvalue weighted by Crippen LogP contribution is 2.30. The largest absolute Gasteiger partial charge is 0.573 e. The third-order valence-electron chi connectivity index (χ3n) is 3.45. The number of benzene rings is 2. The van der Waals surface area contributed by atoms with Crippen molar-refractivity contribution < 1.29 is 8.42 Å². The van der Waals surface area contributed by atoms with Gasteiger partial charge in [0.05, 0.1) is 4.90 Å². The molecule has 7 nitrogen and oxygen atoms in total. The molecule has 0 fully saturated rings. The van der Waals surface area contributed by atoms with Gasteiger partial charge in [-0.1, -0.05) is 30.3 Å². The van der Waals surface area contributed by atoms with Crippen LogP contribution in [0.15, 0.2) is 47.4 Å². The van der Waals surface area contributed by atoms with E-state index < -0.39 is 10.0 Å². The van der Waals surface area contributed by atoms with Gasteiger partial charge >= 0.3 is 0 Å². The van der Waals surface area contributed by atoms with E-state index in [1.165, 1.54) is 0 Å². The molecule has 3 aromatic rings. The summed E-state index contributed by atoms with van der Waals surface area (Å²) >= 11 is 0. The summed E-state index contributed by atoms with van der Waals surface area (Å²) in [4.78, 5) is 0.172. The molecular formula is C15H14N5O2S-. The van der Waals surface area contributed by atoms with Gasteiger partial charge in [-0.2, -0.15) is 5.21 Å². The molecule has 3 rings (SSSR count). The van der Waals surface area contributed by atoms with E-state index in [9.17, 15) is 8.42 Å². The lowest BCUT2D eigenvalue weighted by Gasteiger charge is -2.22. The van der Waals surface area contributed by atoms with Crippen molar-refractivity contribution in [3.05, 3.63) is 58.3 Å². The van der Waals surface area contributed by atoms with E-state index >= 15 is 0 Å². The first-order valence-corrected chi connectivity index (χ1v) is 8.29. The second kappa shape index (κ2) is 5.81. The monoisotopic (exact) mass is 328 g/mol. The summed E-state index contributed by atoms with van der Waals surface area (Å²) in [5.74, 6) is 0.380. The standard InChI is InChI=1S/C15H14N5O2S/c1-10-6-7-14(8-11(10)2)23(21,22)18-13-5-3-4-12(9-13)15-16-19-20-17-15/h3-9H,1-2H3,(H,16,17,19,20)/q-1. The number of hydrogen-bond donors (Lipinski definition) is 1. The highest BCUT2D eigenvalue weighted by Gasteiger charge is 2.07. The first kappa shape index (κ1) is 15.2. The summed E-state index contributed by atoms with van der Waals surface area (Å²) in [5, 5.41) is 13.6. The van der Waals surface area contributed by atoms with E-state index in [-0.39, 0.29) is 4.90 Å².